The smallest absolute Gasteiger partial charge is 0.169 e. The zero-order valence-corrected chi connectivity index (χ0v) is 18.8. The molecule has 1 fully saturated rings. The average molecular weight is 418 g/mol. The zero-order chi connectivity index (χ0) is 20.9. The van der Waals surface area contributed by atoms with E-state index in [0.29, 0.717) is 5.92 Å². The average Bonchev–Trinajstić information content (AvgIpc) is 3.26. The number of hydrogen-bond acceptors (Lipinski definition) is 2. The van der Waals surface area contributed by atoms with E-state index in [9.17, 15) is 0 Å². The Balaban J connectivity index is 1.40. The van der Waals surface area contributed by atoms with E-state index >= 15 is 0 Å². The summed E-state index contributed by atoms with van der Waals surface area (Å²) in [6.07, 6.45) is 12.0. The minimum atomic E-state index is 0.608. The van der Waals surface area contributed by atoms with Gasteiger partial charge in [-0.05, 0) is 47.7 Å². The maximum absolute atomic E-state index is 4.31. The lowest BCUT2D eigenvalue weighted by Gasteiger charge is -2.19. The predicted molar refractivity (Wildman–Crippen MR) is 128 cm³/mol. The first kappa shape index (κ1) is 20.7. The summed E-state index contributed by atoms with van der Waals surface area (Å²) in [5.74, 6) is 1.48. The third-order valence-corrected chi connectivity index (χ3v) is 6.21. The second-order valence-corrected chi connectivity index (χ2v) is 8.64. The lowest BCUT2D eigenvalue weighted by Crippen LogP contribution is -2.33. The van der Waals surface area contributed by atoms with Crippen molar-refractivity contribution in [2.75, 3.05) is 23.7 Å². The monoisotopic (exact) mass is 417 g/mol. The van der Waals surface area contributed by atoms with Crippen LogP contribution in [-0.2, 0) is 13.6 Å². The molecule has 0 spiro atoms. The summed E-state index contributed by atoms with van der Waals surface area (Å²) in [6, 6.07) is 17.9. The number of allylic oxidation sites excluding steroid dienone is 1. The lowest BCUT2D eigenvalue weighted by molar-refractivity contribution is -0.692. The molecule has 1 atom stereocenters. The van der Waals surface area contributed by atoms with Gasteiger partial charge in [-0.2, -0.15) is 12.6 Å². The first-order chi connectivity index (χ1) is 14.6. The van der Waals surface area contributed by atoms with Gasteiger partial charge in [0.25, 0.3) is 0 Å². The van der Waals surface area contributed by atoms with Gasteiger partial charge in [-0.25, -0.2) is 9.13 Å². The van der Waals surface area contributed by atoms with Crippen molar-refractivity contribution in [1.29, 1.82) is 0 Å². The summed E-state index contributed by atoms with van der Waals surface area (Å²) in [5, 5.41) is 0. The number of hydrogen-bond donors (Lipinski definition) is 1. The fourth-order valence-corrected chi connectivity index (χ4v) is 4.38. The molecule has 3 nitrogen and oxygen atoms in total. The van der Waals surface area contributed by atoms with E-state index < -0.39 is 0 Å². The standard InChI is InChI=1S/C26H30N3S/c1-21(23-7-12-27(2)13-8-23)19-22-3-5-26(6-4-22)29-16-11-25(20-29)24-9-14-28(15-10-24)17-18-30/h3-10,12-15,19,25H,11,16-18,20H2,1-2H3/q+1/p+1. The molecule has 4 rings (SSSR count). The molecule has 2 aromatic heterocycles. The maximum Gasteiger partial charge on any atom is 0.169 e. The Morgan fingerprint density at radius 3 is 2.40 bits per heavy atom. The van der Waals surface area contributed by atoms with Crippen LogP contribution >= 0.6 is 12.6 Å². The molecular weight excluding hydrogens is 386 g/mol. The van der Waals surface area contributed by atoms with E-state index in [-0.39, 0.29) is 0 Å². The Morgan fingerprint density at radius 2 is 1.73 bits per heavy atom. The van der Waals surface area contributed by atoms with Crippen LogP contribution in [0, 0.1) is 0 Å². The number of pyridine rings is 2. The van der Waals surface area contributed by atoms with Gasteiger partial charge in [0.1, 0.15) is 7.05 Å². The van der Waals surface area contributed by atoms with Gasteiger partial charge in [-0.1, -0.05) is 18.2 Å². The third kappa shape index (κ3) is 4.93. The molecule has 0 N–H and O–H groups in total. The van der Waals surface area contributed by atoms with E-state index in [1.165, 1.54) is 34.4 Å². The molecule has 0 bridgehead atoms. The first-order valence-electron chi connectivity index (χ1n) is 10.7. The highest BCUT2D eigenvalue weighted by Gasteiger charge is 2.24. The van der Waals surface area contributed by atoms with Crippen LogP contribution < -0.4 is 14.0 Å². The normalized spacial score (nSPS) is 16.8. The van der Waals surface area contributed by atoms with Crippen LogP contribution in [0.25, 0.3) is 11.6 Å². The molecule has 0 radical (unpaired) electrons. The molecule has 1 aliphatic rings. The van der Waals surface area contributed by atoms with Crippen molar-refractivity contribution in [3.05, 3.63) is 90.0 Å². The molecule has 3 heterocycles. The summed E-state index contributed by atoms with van der Waals surface area (Å²) in [6.45, 7) is 5.34. The van der Waals surface area contributed by atoms with Gasteiger partial charge in [0.15, 0.2) is 31.3 Å². The summed E-state index contributed by atoms with van der Waals surface area (Å²) < 4.78 is 4.26. The molecule has 154 valence electrons. The van der Waals surface area contributed by atoms with Crippen LogP contribution in [0.3, 0.4) is 0 Å². The highest BCUT2D eigenvalue weighted by molar-refractivity contribution is 7.80. The number of nitrogens with zero attached hydrogens (tertiary/aromatic N) is 3. The predicted octanol–water partition coefficient (Wildman–Crippen LogP) is 4.28. The molecule has 1 aliphatic heterocycles. The second-order valence-electron chi connectivity index (χ2n) is 8.20. The Bertz CT molecular complexity index is 992. The second kappa shape index (κ2) is 9.48. The topological polar surface area (TPSA) is 11.0 Å². The minimum Gasteiger partial charge on any atom is -0.371 e. The van der Waals surface area contributed by atoms with E-state index in [4.69, 9.17) is 0 Å². The van der Waals surface area contributed by atoms with Crippen molar-refractivity contribution >= 4 is 30.0 Å². The Labute approximate surface area is 185 Å². The Kier molecular flexibility index (Phi) is 6.53. The summed E-state index contributed by atoms with van der Waals surface area (Å²) in [5.41, 5.74) is 6.55. The van der Waals surface area contributed by atoms with Gasteiger partial charge in [-0.15, -0.1) is 0 Å². The van der Waals surface area contributed by atoms with Gasteiger partial charge in [-0.3, -0.25) is 0 Å². The first-order valence-corrected chi connectivity index (χ1v) is 11.3. The number of benzene rings is 1. The summed E-state index contributed by atoms with van der Waals surface area (Å²) in [4.78, 5) is 2.51. The summed E-state index contributed by atoms with van der Waals surface area (Å²) >= 11 is 4.31. The molecule has 0 aliphatic carbocycles. The van der Waals surface area contributed by atoms with Gasteiger partial charge < -0.3 is 4.90 Å². The summed E-state index contributed by atoms with van der Waals surface area (Å²) in [7, 11) is 2.04. The van der Waals surface area contributed by atoms with Crippen LogP contribution in [0.4, 0.5) is 5.69 Å². The number of anilines is 1. The lowest BCUT2D eigenvalue weighted by atomic mass is 10.00. The minimum absolute atomic E-state index is 0.608. The van der Waals surface area contributed by atoms with E-state index in [1.807, 2.05) is 7.05 Å². The fraction of sp³-hybridized carbons (Fsp3) is 0.308. The SMILES string of the molecule is C/C(=C\c1ccc(N2CCC(c3cc[n+](CCS)cc3)C2)cc1)c1cc[n+](C)cc1. The van der Waals surface area contributed by atoms with Crippen molar-refractivity contribution in [2.45, 2.75) is 25.8 Å². The van der Waals surface area contributed by atoms with Crippen LogP contribution in [0.1, 0.15) is 36.0 Å². The van der Waals surface area contributed by atoms with Crippen LogP contribution in [0.2, 0.25) is 0 Å². The molecule has 0 saturated carbocycles. The molecule has 0 amide bonds. The zero-order valence-electron chi connectivity index (χ0n) is 17.9. The van der Waals surface area contributed by atoms with Crippen molar-refractivity contribution in [3.8, 4) is 0 Å². The largest absolute Gasteiger partial charge is 0.371 e. The molecular formula is C26H31N3S+2. The van der Waals surface area contributed by atoms with Gasteiger partial charge >= 0.3 is 0 Å². The van der Waals surface area contributed by atoms with E-state index in [1.54, 1.807) is 0 Å². The van der Waals surface area contributed by atoms with Gasteiger partial charge in [0.2, 0.25) is 0 Å². The van der Waals surface area contributed by atoms with Crippen molar-refractivity contribution < 1.29 is 9.13 Å². The van der Waals surface area contributed by atoms with Crippen LogP contribution in [0.15, 0.2) is 73.3 Å². The quantitative estimate of drug-likeness (QED) is 0.466. The van der Waals surface area contributed by atoms with Crippen LogP contribution in [-0.4, -0.2) is 18.8 Å². The van der Waals surface area contributed by atoms with Crippen LogP contribution in [0.5, 0.6) is 0 Å². The molecule has 1 saturated heterocycles. The number of aryl methyl sites for hydroxylation is 2. The molecule has 1 unspecified atom stereocenters. The number of thiol groups is 1. The van der Waals surface area contributed by atoms with Crippen molar-refractivity contribution in [3.63, 3.8) is 0 Å². The van der Waals surface area contributed by atoms with Gasteiger partial charge in [0, 0.05) is 54.7 Å². The Hall–Kier alpha value is -2.59. The van der Waals surface area contributed by atoms with Crippen molar-refractivity contribution in [1.82, 2.24) is 0 Å². The maximum atomic E-state index is 4.31. The molecule has 1 aromatic carbocycles. The molecule has 3 aromatic rings. The molecule has 30 heavy (non-hydrogen) atoms. The van der Waals surface area contributed by atoms with Gasteiger partial charge in [0.05, 0.1) is 0 Å². The Morgan fingerprint density at radius 1 is 1.03 bits per heavy atom. The van der Waals surface area contributed by atoms with Crippen molar-refractivity contribution in [2.24, 2.45) is 7.05 Å². The number of aromatic nitrogens is 2. The molecule has 4 heteroatoms. The van der Waals surface area contributed by atoms with E-state index in [0.717, 1.165) is 25.4 Å². The highest BCUT2D eigenvalue weighted by atomic mass is 32.1. The van der Waals surface area contributed by atoms with E-state index in [2.05, 4.69) is 113 Å². The third-order valence-electron chi connectivity index (χ3n) is 6.01. The number of rotatable bonds is 6. The highest BCUT2D eigenvalue weighted by Crippen LogP contribution is 2.30. The fourth-order valence-electron chi connectivity index (χ4n) is 4.15.